The highest BCUT2D eigenvalue weighted by Crippen LogP contribution is 2.32. The van der Waals surface area contributed by atoms with E-state index in [4.69, 9.17) is 4.74 Å². The third-order valence-corrected chi connectivity index (χ3v) is 3.71. The first-order chi connectivity index (χ1) is 9.06. The van der Waals surface area contributed by atoms with Crippen LogP contribution in [0.3, 0.4) is 0 Å². The van der Waals surface area contributed by atoms with E-state index < -0.39 is 0 Å². The monoisotopic (exact) mass is 264 g/mol. The molecule has 0 unspecified atom stereocenters. The van der Waals surface area contributed by atoms with Crippen molar-refractivity contribution in [2.24, 2.45) is 0 Å². The van der Waals surface area contributed by atoms with E-state index in [2.05, 4.69) is 41.4 Å². The Morgan fingerprint density at radius 1 is 1.21 bits per heavy atom. The van der Waals surface area contributed by atoms with Crippen LogP contribution in [-0.2, 0) is 4.74 Å². The molecule has 2 rings (SSSR count). The van der Waals surface area contributed by atoms with E-state index in [0.29, 0.717) is 5.92 Å². The van der Waals surface area contributed by atoms with Crippen LogP contribution in [0.1, 0.15) is 45.1 Å². The number of ether oxygens (including phenoxy) is 1. The summed E-state index contributed by atoms with van der Waals surface area (Å²) in [5, 5.41) is 6.76. The Balaban J connectivity index is 2.28. The molecule has 1 aromatic rings. The van der Waals surface area contributed by atoms with E-state index in [0.717, 1.165) is 43.3 Å². The topological polar surface area (TPSA) is 59.1 Å². The second-order valence-electron chi connectivity index (χ2n) is 5.69. The minimum atomic E-state index is 0.0568. The highest BCUT2D eigenvalue weighted by atomic mass is 16.5. The molecule has 0 bridgehead atoms. The molecule has 2 heterocycles. The van der Waals surface area contributed by atoms with Gasteiger partial charge in [0, 0.05) is 31.4 Å². The van der Waals surface area contributed by atoms with Crippen molar-refractivity contribution >= 4 is 11.6 Å². The smallest absolute Gasteiger partial charge is 0.135 e. The maximum absolute atomic E-state index is 5.44. The summed E-state index contributed by atoms with van der Waals surface area (Å²) in [5.41, 5.74) is 1.21. The quantitative estimate of drug-likeness (QED) is 0.875. The summed E-state index contributed by atoms with van der Waals surface area (Å²) >= 11 is 0. The summed E-state index contributed by atoms with van der Waals surface area (Å²) in [5.74, 6) is 2.22. The van der Waals surface area contributed by atoms with E-state index in [-0.39, 0.29) is 5.54 Å². The number of aromatic nitrogens is 2. The Morgan fingerprint density at radius 2 is 1.84 bits per heavy atom. The van der Waals surface area contributed by atoms with Crippen molar-refractivity contribution in [1.29, 1.82) is 0 Å². The first kappa shape index (κ1) is 14.1. The molecule has 0 aliphatic carbocycles. The molecule has 0 atom stereocenters. The van der Waals surface area contributed by atoms with E-state index in [1.54, 1.807) is 6.33 Å². The maximum atomic E-state index is 5.44. The van der Waals surface area contributed by atoms with Crippen molar-refractivity contribution in [3.05, 3.63) is 11.9 Å². The number of rotatable bonds is 4. The van der Waals surface area contributed by atoms with Crippen LogP contribution in [0, 0.1) is 0 Å². The highest BCUT2D eigenvalue weighted by molar-refractivity contribution is 5.59. The lowest BCUT2D eigenvalue weighted by molar-refractivity contribution is 0.0657. The van der Waals surface area contributed by atoms with Crippen molar-refractivity contribution in [3.63, 3.8) is 0 Å². The Hall–Kier alpha value is -1.36. The molecule has 2 N–H and O–H groups in total. The Morgan fingerprint density at radius 3 is 2.42 bits per heavy atom. The van der Waals surface area contributed by atoms with Gasteiger partial charge in [-0.3, -0.25) is 0 Å². The molecule has 19 heavy (non-hydrogen) atoms. The molecule has 0 radical (unpaired) electrons. The van der Waals surface area contributed by atoms with Gasteiger partial charge in [0.05, 0.1) is 0 Å². The van der Waals surface area contributed by atoms with Crippen LogP contribution in [0.25, 0.3) is 0 Å². The molecule has 0 saturated carbocycles. The van der Waals surface area contributed by atoms with Crippen molar-refractivity contribution < 1.29 is 4.74 Å². The summed E-state index contributed by atoms with van der Waals surface area (Å²) in [6.07, 6.45) is 3.62. The third-order valence-electron chi connectivity index (χ3n) is 3.71. The van der Waals surface area contributed by atoms with Crippen molar-refractivity contribution in [3.8, 4) is 0 Å². The van der Waals surface area contributed by atoms with Gasteiger partial charge in [-0.1, -0.05) is 13.8 Å². The predicted molar refractivity (Wildman–Crippen MR) is 77.7 cm³/mol. The number of nitrogens with zero attached hydrogens (tertiary/aromatic N) is 2. The number of hydrogen-bond donors (Lipinski definition) is 2. The average Bonchev–Trinajstić information content (AvgIpc) is 2.38. The predicted octanol–water partition coefficient (Wildman–Crippen LogP) is 2.62. The van der Waals surface area contributed by atoms with E-state index in [9.17, 15) is 0 Å². The standard InChI is InChI=1S/C14H24N4O/c1-10(2)11-12(15-4)16-9-17-13(11)18-14(3)5-7-19-8-6-14/h9-10H,5-8H2,1-4H3,(H2,15,16,17,18). The molecule has 1 aromatic heterocycles. The van der Waals surface area contributed by atoms with Gasteiger partial charge >= 0.3 is 0 Å². The summed E-state index contributed by atoms with van der Waals surface area (Å²) in [7, 11) is 1.90. The van der Waals surface area contributed by atoms with Crippen molar-refractivity contribution in [2.75, 3.05) is 30.9 Å². The zero-order chi connectivity index (χ0) is 13.9. The van der Waals surface area contributed by atoms with Crippen LogP contribution in [0.2, 0.25) is 0 Å². The van der Waals surface area contributed by atoms with Gasteiger partial charge in [0.15, 0.2) is 0 Å². The molecule has 0 amide bonds. The summed E-state index contributed by atoms with van der Waals surface area (Å²) in [6.45, 7) is 8.18. The number of nitrogens with one attached hydrogen (secondary N) is 2. The fraction of sp³-hybridized carbons (Fsp3) is 0.714. The Labute approximate surface area is 115 Å². The normalized spacial score (nSPS) is 18.4. The molecule has 1 aliphatic heterocycles. The van der Waals surface area contributed by atoms with E-state index in [1.807, 2.05) is 7.05 Å². The van der Waals surface area contributed by atoms with Gasteiger partial charge in [-0.2, -0.15) is 0 Å². The lowest BCUT2D eigenvalue weighted by Gasteiger charge is -2.36. The second-order valence-corrected chi connectivity index (χ2v) is 5.69. The minimum absolute atomic E-state index is 0.0568. The summed E-state index contributed by atoms with van der Waals surface area (Å²) in [4.78, 5) is 8.75. The van der Waals surface area contributed by atoms with Gasteiger partial charge < -0.3 is 15.4 Å². The molecular formula is C14H24N4O. The zero-order valence-electron chi connectivity index (χ0n) is 12.3. The molecular weight excluding hydrogens is 240 g/mol. The fourth-order valence-corrected chi connectivity index (χ4v) is 2.47. The molecule has 1 saturated heterocycles. The molecule has 5 nitrogen and oxygen atoms in total. The minimum Gasteiger partial charge on any atom is -0.381 e. The van der Waals surface area contributed by atoms with Gasteiger partial charge in [-0.05, 0) is 25.7 Å². The molecule has 1 fully saturated rings. The van der Waals surface area contributed by atoms with Crippen molar-refractivity contribution in [1.82, 2.24) is 9.97 Å². The molecule has 5 heteroatoms. The third kappa shape index (κ3) is 3.15. The fourth-order valence-electron chi connectivity index (χ4n) is 2.47. The number of anilines is 2. The van der Waals surface area contributed by atoms with Gasteiger partial charge in [0.2, 0.25) is 0 Å². The lowest BCUT2D eigenvalue weighted by Crippen LogP contribution is -2.41. The van der Waals surface area contributed by atoms with Crippen LogP contribution in [0.4, 0.5) is 11.6 Å². The van der Waals surface area contributed by atoms with Crippen LogP contribution in [0.5, 0.6) is 0 Å². The highest BCUT2D eigenvalue weighted by Gasteiger charge is 2.29. The van der Waals surface area contributed by atoms with Gasteiger partial charge in [-0.25, -0.2) is 9.97 Å². The van der Waals surface area contributed by atoms with E-state index >= 15 is 0 Å². The Bertz CT molecular complexity index is 427. The Kier molecular flexibility index (Phi) is 4.24. The van der Waals surface area contributed by atoms with Crippen LogP contribution in [0.15, 0.2) is 6.33 Å². The molecule has 0 aromatic carbocycles. The first-order valence-electron chi connectivity index (χ1n) is 6.94. The van der Waals surface area contributed by atoms with Crippen LogP contribution in [-0.4, -0.2) is 35.8 Å². The van der Waals surface area contributed by atoms with Gasteiger partial charge in [0.25, 0.3) is 0 Å². The lowest BCUT2D eigenvalue weighted by atomic mass is 9.91. The first-order valence-corrected chi connectivity index (χ1v) is 6.94. The SMILES string of the molecule is CNc1ncnc(NC2(C)CCOCC2)c1C(C)C. The summed E-state index contributed by atoms with van der Waals surface area (Å²) < 4.78 is 5.44. The van der Waals surface area contributed by atoms with Crippen LogP contribution >= 0.6 is 0 Å². The van der Waals surface area contributed by atoms with Gasteiger partial charge in [-0.15, -0.1) is 0 Å². The molecule has 106 valence electrons. The molecule has 1 aliphatic rings. The zero-order valence-corrected chi connectivity index (χ0v) is 12.3. The maximum Gasteiger partial charge on any atom is 0.135 e. The summed E-state index contributed by atoms with van der Waals surface area (Å²) in [6, 6.07) is 0. The van der Waals surface area contributed by atoms with Crippen LogP contribution < -0.4 is 10.6 Å². The van der Waals surface area contributed by atoms with Gasteiger partial charge in [0.1, 0.15) is 18.0 Å². The largest absolute Gasteiger partial charge is 0.381 e. The van der Waals surface area contributed by atoms with E-state index in [1.165, 1.54) is 0 Å². The average molecular weight is 264 g/mol. The number of hydrogen-bond acceptors (Lipinski definition) is 5. The molecule has 0 spiro atoms. The second kappa shape index (κ2) is 5.74. The van der Waals surface area contributed by atoms with Crippen molar-refractivity contribution in [2.45, 2.75) is 45.1 Å².